The second-order valence-corrected chi connectivity index (χ2v) is 4.78. The van der Waals surface area contributed by atoms with Gasteiger partial charge in [0, 0.05) is 7.11 Å². The number of hydrogen-bond donors (Lipinski definition) is 0. The Kier molecular flexibility index (Phi) is 2.91. The Morgan fingerprint density at radius 1 is 1.71 bits per heavy atom. The van der Waals surface area contributed by atoms with Crippen LogP contribution in [-0.4, -0.2) is 19.0 Å². The zero-order chi connectivity index (χ0) is 10.1. The summed E-state index contributed by atoms with van der Waals surface area (Å²) in [5, 5.41) is 2.37. The average Bonchev–Trinajstić information content (AvgIpc) is 2.90. The third-order valence-electron chi connectivity index (χ3n) is 2.40. The van der Waals surface area contributed by atoms with E-state index < -0.39 is 0 Å². The van der Waals surface area contributed by atoms with Crippen molar-refractivity contribution in [3.63, 3.8) is 0 Å². The van der Waals surface area contributed by atoms with Gasteiger partial charge in [-0.3, -0.25) is 4.79 Å². The maximum atomic E-state index is 11.9. The Balaban J connectivity index is 2.17. The number of methoxy groups -OCH3 is 1. The van der Waals surface area contributed by atoms with Crippen LogP contribution in [0.3, 0.4) is 0 Å². The number of hydrogen-bond acceptors (Lipinski definition) is 3. The van der Waals surface area contributed by atoms with Gasteiger partial charge in [-0.1, -0.05) is 11.6 Å². The summed E-state index contributed by atoms with van der Waals surface area (Å²) in [7, 11) is 1.59. The standard InChI is InChI=1S/C10H11ClO2S/c1-13-9(6-2-3-6)8(12)10-7(11)4-5-14-10/h4-6,9H,2-3H2,1H3. The van der Waals surface area contributed by atoms with Gasteiger partial charge in [0.2, 0.25) is 5.78 Å². The molecule has 76 valence electrons. The SMILES string of the molecule is COC(C(=O)c1sccc1Cl)C1CC1. The number of Topliss-reactive ketones (excluding diaryl/α,β-unsaturated/α-hetero) is 1. The Morgan fingerprint density at radius 2 is 2.43 bits per heavy atom. The molecule has 0 N–H and O–H groups in total. The third-order valence-corrected chi connectivity index (χ3v) is 3.76. The molecular weight excluding hydrogens is 220 g/mol. The molecule has 0 saturated heterocycles. The van der Waals surface area contributed by atoms with Gasteiger partial charge in [0.25, 0.3) is 0 Å². The predicted octanol–water partition coefficient (Wildman–Crippen LogP) is 3.01. The number of ether oxygens (including phenoxy) is 1. The van der Waals surface area contributed by atoms with Crippen molar-refractivity contribution in [2.24, 2.45) is 5.92 Å². The normalized spacial score (nSPS) is 18.1. The van der Waals surface area contributed by atoms with Crippen LogP contribution in [0.4, 0.5) is 0 Å². The number of thiophene rings is 1. The molecule has 0 aromatic carbocycles. The molecule has 1 heterocycles. The Labute approximate surface area is 91.8 Å². The quantitative estimate of drug-likeness (QED) is 0.744. The fourth-order valence-corrected chi connectivity index (χ4v) is 2.63. The van der Waals surface area contributed by atoms with Crippen molar-refractivity contribution < 1.29 is 9.53 Å². The van der Waals surface area contributed by atoms with E-state index in [1.807, 2.05) is 5.38 Å². The molecule has 0 spiro atoms. The van der Waals surface area contributed by atoms with Crippen LogP contribution in [0.25, 0.3) is 0 Å². The second kappa shape index (κ2) is 4.01. The van der Waals surface area contributed by atoms with E-state index in [9.17, 15) is 4.79 Å². The molecule has 1 atom stereocenters. The number of carbonyl (C=O) groups excluding carboxylic acids is 1. The van der Waals surface area contributed by atoms with Crippen LogP contribution in [-0.2, 0) is 4.74 Å². The highest BCUT2D eigenvalue weighted by atomic mass is 35.5. The molecule has 0 bridgehead atoms. The van der Waals surface area contributed by atoms with Crippen molar-refractivity contribution in [2.75, 3.05) is 7.11 Å². The lowest BCUT2D eigenvalue weighted by Gasteiger charge is -2.11. The molecule has 1 aliphatic rings. The molecule has 1 aromatic heterocycles. The molecule has 1 aromatic rings. The lowest BCUT2D eigenvalue weighted by Crippen LogP contribution is -2.24. The fourth-order valence-electron chi connectivity index (χ4n) is 1.51. The molecule has 4 heteroatoms. The van der Waals surface area contributed by atoms with E-state index in [4.69, 9.17) is 16.3 Å². The van der Waals surface area contributed by atoms with Gasteiger partial charge >= 0.3 is 0 Å². The Hall–Kier alpha value is -0.380. The van der Waals surface area contributed by atoms with Crippen LogP contribution in [0.1, 0.15) is 22.5 Å². The van der Waals surface area contributed by atoms with E-state index in [0.29, 0.717) is 15.8 Å². The van der Waals surface area contributed by atoms with E-state index in [-0.39, 0.29) is 11.9 Å². The zero-order valence-corrected chi connectivity index (χ0v) is 9.40. The minimum absolute atomic E-state index is 0.0370. The number of rotatable bonds is 4. The minimum Gasteiger partial charge on any atom is -0.373 e. The van der Waals surface area contributed by atoms with E-state index in [2.05, 4.69) is 0 Å². The molecule has 0 aliphatic heterocycles. The number of carbonyl (C=O) groups is 1. The lowest BCUT2D eigenvalue weighted by atomic mass is 10.1. The van der Waals surface area contributed by atoms with Gasteiger partial charge in [-0.25, -0.2) is 0 Å². The van der Waals surface area contributed by atoms with Crippen molar-refractivity contribution in [2.45, 2.75) is 18.9 Å². The van der Waals surface area contributed by atoms with E-state index >= 15 is 0 Å². The highest BCUT2D eigenvalue weighted by molar-refractivity contribution is 7.12. The summed E-state index contributed by atoms with van der Waals surface area (Å²) in [4.78, 5) is 12.6. The first-order valence-corrected chi connectivity index (χ1v) is 5.80. The molecule has 0 amide bonds. The van der Waals surface area contributed by atoms with Crippen LogP contribution in [0.2, 0.25) is 5.02 Å². The smallest absolute Gasteiger partial charge is 0.203 e. The molecule has 2 nitrogen and oxygen atoms in total. The summed E-state index contributed by atoms with van der Waals surface area (Å²) in [5.41, 5.74) is 0. The monoisotopic (exact) mass is 230 g/mol. The van der Waals surface area contributed by atoms with Gasteiger partial charge in [-0.15, -0.1) is 11.3 Å². The van der Waals surface area contributed by atoms with E-state index in [1.165, 1.54) is 11.3 Å². The highest BCUT2D eigenvalue weighted by Gasteiger charge is 2.37. The number of halogens is 1. The van der Waals surface area contributed by atoms with Crippen molar-refractivity contribution >= 4 is 28.7 Å². The van der Waals surface area contributed by atoms with Gasteiger partial charge in [0.1, 0.15) is 6.10 Å². The molecular formula is C10H11ClO2S. The van der Waals surface area contributed by atoms with Gasteiger partial charge in [0.15, 0.2) is 0 Å². The minimum atomic E-state index is -0.286. The summed E-state index contributed by atoms with van der Waals surface area (Å²) in [6.45, 7) is 0. The summed E-state index contributed by atoms with van der Waals surface area (Å²) in [6, 6.07) is 1.75. The first-order chi connectivity index (χ1) is 6.74. The van der Waals surface area contributed by atoms with Gasteiger partial charge in [0.05, 0.1) is 9.90 Å². The summed E-state index contributed by atoms with van der Waals surface area (Å²) < 4.78 is 5.21. The van der Waals surface area contributed by atoms with Gasteiger partial charge in [-0.05, 0) is 30.2 Å². The van der Waals surface area contributed by atoms with Crippen molar-refractivity contribution in [1.29, 1.82) is 0 Å². The van der Waals surface area contributed by atoms with Crippen LogP contribution in [0, 0.1) is 5.92 Å². The van der Waals surface area contributed by atoms with Crippen LogP contribution in [0.5, 0.6) is 0 Å². The Bertz CT molecular complexity index is 344. The zero-order valence-electron chi connectivity index (χ0n) is 7.83. The topological polar surface area (TPSA) is 26.3 Å². The Morgan fingerprint density at radius 3 is 2.86 bits per heavy atom. The average molecular weight is 231 g/mol. The molecule has 2 rings (SSSR count). The predicted molar refractivity (Wildman–Crippen MR) is 57.2 cm³/mol. The van der Waals surface area contributed by atoms with E-state index in [1.54, 1.807) is 13.2 Å². The summed E-state index contributed by atoms with van der Waals surface area (Å²) in [5.74, 6) is 0.445. The van der Waals surface area contributed by atoms with Crippen LogP contribution in [0.15, 0.2) is 11.4 Å². The summed E-state index contributed by atoms with van der Waals surface area (Å²) in [6.07, 6.45) is 1.90. The molecule has 14 heavy (non-hydrogen) atoms. The van der Waals surface area contributed by atoms with E-state index in [0.717, 1.165) is 12.8 Å². The first-order valence-electron chi connectivity index (χ1n) is 4.54. The van der Waals surface area contributed by atoms with Crippen molar-refractivity contribution in [1.82, 2.24) is 0 Å². The maximum absolute atomic E-state index is 11.9. The summed E-state index contributed by atoms with van der Waals surface area (Å²) >= 11 is 7.28. The lowest BCUT2D eigenvalue weighted by molar-refractivity contribution is 0.0544. The highest BCUT2D eigenvalue weighted by Crippen LogP contribution is 2.37. The second-order valence-electron chi connectivity index (χ2n) is 3.46. The molecule has 1 unspecified atom stereocenters. The molecule has 1 saturated carbocycles. The van der Waals surface area contributed by atoms with Gasteiger partial charge < -0.3 is 4.74 Å². The van der Waals surface area contributed by atoms with Crippen LogP contribution >= 0.6 is 22.9 Å². The van der Waals surface area contributed by atoms with Crippen molar-refractivity contribution in [3.8, 4) is 0 Å². The molecule has 1 aliphatic carbocycles. The van der Waals surface area contributed by atoms with Crippen LogP contribution < -0.4 is 0 Å². The molecule has 0 radical (unpaired) electrons. The maximum Gasteiger partial charge on any atom is 0.203 e. The third kappa shape index (κ3) is 1.85. The fraction of sp³-hybridized carbons (Fsp3) is 0.500. The largest absolute Gasteiger partial charge is 0.373 e. The number of ketones is 1. The van der Waals surface area contributed by atoms with Crippen molar-refractivity contribution in [3.05, 3.63) is 21.3 Å². The first kappa shape index (κ1) is 10.1. The van der Waals surface area contributed by atoms with Gasteiger partial charge in [-0.2, -0.15) is 0 Å². The molecule has 1 fully saturated rings.